The predicted molar refractivity (Wildman–Crippen MR) is 84.5 cm³/mol. The first-order valence-electron chi connectivity index (χ1n) is 8.17. The van der Waals surface area contributed by atoms with Gasteiger partial charge >= 0.3 is 0 Å². The number of nitrogens with two attached hydrogens (primary N) is 1. The first-order valence-corrected chi connectivity index (χ1v) is 8.17. The fourth-order valence-electron chi connectivity index (χ4n) is 4.04. The molecule has 1 aromatic carbocycles. The molecule has 1 saturated heterocycles. The molecule has 2 fully saturated rings. The van der Waals surface area contributed by atoms with E-state index in [0.717, 1.165) is 24.3 Å². The molecule has 20 heavy (non-hydrogen) atoms. The molecule has 110 valence electrons. The average Bonchev–Trinajstić information content (AvgIpc) is 2.94. The van der Waals surface area contributed by atoms with Crippen molar-refractivity contribution in [2.75, 3.05) is 13.1 Å². The molecular weight excluding hydrogens is 244 g/mol. The van der Waals surface area contributed by atoms with Crippen LogP contribution in [-0.4, -0.2) is 24.0 Å². The molecule has 2 N–H and O–H groups in total. The normalized spacial score (nSPS) is 30.1. The zero-order valence-electron chi connectivity index (χ0n) is 12.9. The van der Waals surface area contributed by atoms with E-state index < -0.39 is 0 Å². The van der Waals surface area contributed by atoms with E-state index in [0.29, 0.717) is 6.04 Å². The topological polar surface area (TPSA) is 29.3 Å². The quantitative estimate of drug-likeness (QED) is 0.913. The summed E-state index contributed by atoms with van der Waals surface area (Å²) in [6, 6.07) is 9.69. The van der Waals surface area contributed by atoms with Crippen molar-refractivity contribution in [1.29, 1.82) is 0 Å². The number of benzene rings is 1. The van der Waals surface area contributed by atoms with Crippen LogP contribution in [0.3, 0.4) is 0 Å². The largest absolute Gasteiger partial charge is 0.327 e. The van der Waals surface area contributed by atoms with Gasteiger partial charge in [-0.1, -0.05) is 38.1 Å². The van der Waals surface area contributed by atoms with Crippen LogP contribution in [0.25, 0.3) is 0 Å². The van der Waals surface area contributed by atoms with E-state index >= 15 is 0 Å². The lowest BCUT2D eigenvalue weighted by molar-refractivity contribution is 0.298. The molecule has 0 spiro atoms. The first-order chi connectivity index (χ1) is 9.61. The highest BCUT2D eigenvalue weighted by atomic mass is 15.2. The molecule has 1 heterocycles. The molecule has 1 aromatic rings. The first kappa shape index (κ1) is 14.1. The summed E-state index contributed by atoms with van der Waals surface area (Å²) in [6.45, 7) is 8.12. The van der Waals surface area contributed by atoms with Gasteiger partial charge in [0.15, 0.2) is 0 Å². The number of hydrogen-bond donors (Lipinski definition) is 1. The molecule has 2 aliphatic rings. The minimum absolute atomic E-state index is 0.457. The van der Waals surface area contributed by atoms with Gasteiger partial charge in [0.1, 0.15) is 0 Å². The summed E-state index contributed by atoms with van der Waals surface area (Å²) in [5.41, 5.74) is 9.13. The van der Waals surface area contributed by atoms with Gasteiger partial charge in [-0.15, -0.1) is 0 Å². The third-order valence-corrected chi connectivity index (χ3v) is 5.06. The Morgan fingerprint density at radius 3 is 2.45 bits per heavy atom. The van der Waals surface area contributed by atoms with Gasteiger partial charge in [-0.25, -0.2) is 0 Å². The second-order valence-corrected chi connectivity index (χ2v) is 7.27. The van der Waals surface area contributed by atoms with Gasteiger partial charge in [0, 0.05) is 25.7 Å². The molecule has 3 rings (SSSR count). The maximum absolute atomic E-state index is 6.22. The second-order valence-electron chi connectivity index (χ2n) is 7.27. The lowest BCUT2D eigenvalue weighted by Crippen LogP contribution is -2.30. The van der Waals surface area contributed by atoms with Crippen LogP contribution in [0.2, 0.25) is 0 Å². The molecule has 3 unspecified atom stereocenters. The summed E-state index contributed by atoms with van der Waals surface area (Å²) in [5.74, 6) is 2.36. The molecule has 0 aromatic heterocycles. The molecule has 1 aliphatic heterocycles. The summed E-state index contributed by atoms with van der Waals surface area (Å²) in [5, 5.41) is 0. The zero-order chi connectivity index (χ0) is 14.1. The Kier molecular flexibility index (Phi) is 4.13. The summed E-state index contributed by atoms with van der Waals surface area (Å²) in [4.78, 5) is 2.60. The fraction of sp³-hybridized carbons (Fsp3) is 0.667. The lowest BCUT2D eigenvalue weighted by Gasteiger charge is -2.18. The van der Waals surface area contributed by atoms with E-state index in [1.54, 1.807) is 0 Å². The Morgan fingerprint density at radius 1 is 1.10 bits per heavy atom. The van der Waals surface area contributed by atoms with Crippen LogP contribution in [0.1, 0.15) is 37.8 Å². The fourth-order valence-corrected chi connectivity index (χ4v) is 4.04. The van der Waals surface area contributed by atoms with E-state index in [9.17, 15) is 0 Å². The smallest absolute Gasteiger partial charge is 0.0233 e. The molecule has 0 amide bonds. The van der Waals surface area contributed by atoms with Crippen molar-refractivity contribution in [3.05, 3.63) is 35.4 Å². The van der Waals surface area contributed by atoms with Crippen LogP contribution in [-0.2, 0) is 13.0 Å². The van der Waals surface area contributed by atoms with Crippen molar-refractivity contribution in [3.63, 3.8) is 0 Å². The van der Waals surface area contributed by atoms with Crippen LogP contribution in [0.4, 0.5) is 0 Å². The molecule has 2 nitrogen and oxygen atoms in total. The van der Waals surface area contributed by atoms with Crippen LogP contribution < -0.4 is 5.73 Å². The van der Waals surface area contributed by atoms with Gasteiger partial charge in [-0.3, -0.25) is 4.90 Å². The number of hydrogen-bond acceptors (Lipinski definition) is 2. The second kappa shape index (κ2) is 5.87. The van der Waals surface area contributed by atoms with Gasteiger partial charge in [0.2, 0.25) is 0 Å². The summed E-state index contributed by atoms with van der Waals surface area (Å²) >= 11 is 0. The maximum atomic E-state index is 6.22. The van der Waals surface area contributed by atoms with Crippen LogP contribution in [0.15, 0.2) is 24.3 Å². The molecule has 0 radical (unpaired) electrons. The van der Waals surface area contributed by atoms with Gasteiger partial charge in [0.05, 0.1) is 0 Å². The monoisotopic (exact) mass is 272 g/mol. The third-order valence-electron chi connectivity index (χ3n) is 5.06. The summed E-state index contributed by atoms with van der Waals surface area (Å²) in [6.07, 6.45) is 3.77. The summed E-state index contributed by atoms with van der Waals surface area (Å²) < 4.78 is 0. The highest BCUT2D eigenvalue weighted by Gasteiger charge is 2.40. The molecule has 1 saturated carbocycles. The van der Waals surface area contributed by atoms with Crippen molar-refractivity contribution in [3.8, 4) is 0 Å². The Labute approximate surface area is 123 Å². The molecule has 1 aliphatic carbocycles. The van der Waals surface area contributed by atoms with Gasteiger partial charge < -0.3 is 5.73 Å². The SMILES string of the molecule is CC(C)Cc1ccc(CN2CC3CCC(N)C3C2)cc1. The number of rotatable bonds is 4. The molecule has 3 atom stereocenters. The van der Waals surface area contributed by atoms with Crippen molar-refractivity contribution in [1.82, 2.24) is 4.90 Å². The number of fused-ring (bicyclic) bond motifs is 1. The molecule has 0 bridgehead atoms. The van der Waals surface area contributed by atoms with Crippen molar-refractivity contribution in [2.45, 2.75) is 45.7 Å². The van der Waals surface area contributed by atoms with E-state index in [1.165, 1.54) is 43.5 Å². The van der Waals surface area contributed by atoms with Gasteiger partial charge in [0.25, 0.3) is 0 Å². The molecular formula is C18H28N2. The number of nitrogens with zero attached hydrogens (tertiary/aromatic N) is 1. The maximum Gasteiger partial charge on any atom is 0.0233 e. The van der Waals surface area contributed by atoms with Crippen LogP contribution in [0, 0.1) is 17.8 Å². The predicted octanol–water partition coefficient (Wildman–Crippen LogP) is 3.05. The van der Waals surface area contributed by atoms with Gasteiger partial charge in [-0.05, 0) is 48.1 Å². The Morgan fingerprint density at radius 2 is 1.80 bits per heavy atom. The Hall–Kier alpha value is -0.860. The van der Waals surface area contributed by atoms with Crippen LogP contribution in [0.5, 0.6) is 0 Å². The van der Waals surface area contributed by atoms with Crippen molar-refractivity contribution < 1.29 is 0 Å². The van der Waals surface area contributed by atoms with Crippen molar-refractivity contribution in [2.24, 2.45) is 23.5 Å². The van der Waals surface area contributed by atoms with E-state index in [-0.39, 0.29) is 0 Å². The third kappa shape index (κ3) is 3.07. The highest BCUT2D eigenvalue weighted by molar-refractivity contribution is 5.23. The standard InChI is InChI=1S/C18H28N2/c1-13(2)9-14-3-5-15(6-4-14)10-20-11-16-7-8-18(19)17(16)12-20/h3-6,13,16-18H,7-12,19H2,1-2H3. The number of likely N-dealkylation sites (tertiary alicyclic amines) is 1. The molecule has 2 heteroatoms. The lowest BCUT2D eigenvalue weighted by atomic mass is 9.98. The van der Waals surface area contributed by atoms with Crippen molar-refractivity contribution >= 4 is 0 Å². The van der Waals surface area contributed by atoms with E-state index in [2.05, 4.69) is 43.0 Å². The Balaban J connectivity index is 1.56. The average molecular weight is 272 g/mol. The zero-order valence-corrected chi connectivity index (χ0v) is 12.9. The van der Waals surface area contributed by atoms with Crippen LogP contribution >= 0.6 is 0 Å². The van der Waals surface area contributed by atoms with E-state index in [4.69, 9.17) is 5.73 Å². The van der Waals surface area contributed by atoms with E-state index in [1.807, 2.05) is 0 Å². The highest BCUT2D eigenvalue weighted by Crippen LogP contribution is 2.37. The minimum Gasteiger partial charge on any atom is -0.327 e. The Bertz CT molecular complexity index is 437. The van der Waals surface area contributed by atoms with Gasteiger partial charge in [-0.2, -0.15) is 0 Å². The summed E-state index contributed by atoms with van der Waals surface area (Å²) in [7, 11) is 0. The minimum atomic E-state index is 0.457.